The lowest BCUT2D eigenvalue weighted by Crippen LogP contribution is -2.12. The third-order valence-electron chi connectivity index (χ3n) is 2.38. The van der Waals surface area contributed by atoms with Crippen molar-refractivity contribution < 1.29 is 8.42 Å². The van der Waals surface area contributed by atoms with Gasteiger partial charge in [0.25, 0.3) is 0 Å². The van der Waals surface area contributed by atoms with Crippen molar-refractivity contribution in [1.82, 2.24) is 9.97 Å². The van der Waals surface area contributed by atoms with Gasteiger partial charge in [0.1, 0.15) is 5.82 Å². The van der Waals surface area contributed by atoms with Crippen molar-refractivity contribution >= 4 is 21.8 Å². The number of rotatable bonds is 4. The molecule has 0 aliphatic rings. The minimum atomic E-state index is -3.65. The molecule has 0 saturated carbocycles. The van der Waals surface area contributed by atoms with Crippen molar-refractivity contribution in [3.05, 3.63) is 42.1 Å². The zero-order valence-corrected chi connectivity index (χ0v) is 10.8. The number of nitrogens with two attached hydrogens (primary N) is 2. The Hall–Kier alpha value is -2.19. The number of hydrogen-bond donors (Lipinski definition) is 3. The van der Waals surface area contributed by atoms with Crippen LogP contribution in [0, 0.1) is 0 Å². The summed E-state index contributed by atoms with van der Waals surface area (Å²) in [7, 11) is -3.65. The minimum Gasteiger partial charge on any atom is -0.384 e. The van der Waals surface area contributed by atoms with Crippen molar-refractivity contribution in [2.75, 3.05) is 11.1 Å². The van der Waals surface area contributed by atoms with Gasteiger partial charge in [0.2, 0.25) is 16.0 Å². The SMILES string of the molecule is Nc1ccnc(NCc2ccc(S(N)(=O)=O)cc2)n1. The Balaban J connectivity index is 2.05. The van der Waals surface area contributed by atoms with Gasteiger partial charge in [-0.25, -0.2) is 18.5 Å². The standard InChI is InChI=1S/C11H13N5O2S/c12-10-5-6-14-11(16-10)15-7-8-1-3-9(4-2-8)19(13,17)18/h1-6H,7H2,(H2,13,17,18)(H3,12,14,15,16). The highest BCUT2D eigenvalue weighted by atomic mass is 32.2. The normalized spacial score (nSPS) is 11.2. The van der Waals surface area contributed by atoms with Crippen LogP contribution in [0.5, 0.6) is 0 Å². The second-order valence-electron chi connectivity index (χ2n) is 3.85. The molecule has 2 aromatic rings. The molecule has 100 valence electrons. The molecule has 8 heteroatoms. The van der Waals surface area contributed by atoms with Crippen LogP contribution >= 0.6 is 0 Å². The number of anilines is 2. The number of nitrogens with one attached hydrogen (secondary N) is 1. The first-order valence-electron chi connectivity index (χ1n) is 5.39. The summed E-state index contributed by atoms with van der Waals surface area (Å²) in [6.45, 7) is 0.453. The zero-order valence-electron chi connectivity index (χ0n) is 9.95. The lowest BCUT2D eigenvalue weighted by atomic mass is 10.2. The van der Waals surface area contributed by atoms with E-state index in [1.807, 2.05) is 0 Å². The molecule has 1 heterocycles. The van der Waals surface area contributed by atoms with Crippen LogP contribution in [-0.4, -0.2) is 18.4 Å². The highest BCUT2D eigenvalue weighted by Gasteiger charge is 2.06. The third kappa shape index (κ3) is 3.63. The summed E-state index contributed by atoms with van der Waals surface area (Å²) in [5.74, 6) is 0.789. The largest absolute Gasteiger partial charge is 0.384 e. The fourth-order valence-corrected chi connectivity index (χ4v) is 1.95. The Morgan fingerprint density at radius 3 is 2.42 bits per heavy atom. The van der Waals surface area contributed by atoms with E-state index in [0.717, 1.165) is 5.56 Å². The Morgan fingerprint density at radius 2 is 1.84 bits per heavy atom. The fraction of sp³-hybridized carbons (Fsp3) is 0.0909. The quantitative estimate of drug-likeness (QED) is 0.740. The molecule has 0 amide bonds. The lowest BCUT2D eigenvalue weighted by molar-refractivity contribution is 0.598. The van der Waals surface area contributed by atoms with Crippen LogP contribution < -0.4 is 16.2 Å². The lowest BCUT2D eigenvalue weighted by Gasteiger charge is -2.05. The van der Waals surface area contributed by atoms with Crippen LogP contribution in [0.15, 0.2) is 41.4 Å². The molecule has 0 atom stereocenters. The minimum absolute atomic E-state index is 0.0801. The third-order valence-corrected chi connectivity index (χ3v) is 3.31. The average molecular weight is 279 g/mol. The van der Waals surface area contributed by atoms with E-state index >= 15 is 0 Å². The van der Waals surface area contributed by atoms with Gasteiger partial charge in [-0.05, 0) is 23.8 Å². The maximum Gasteiger partial charge on any atom is 0.238 e. The molecule has 19 heavy (non-hydrogen) atoms. The van der Waals surface area contributed by atoms with Crippen LogP contribution in [0.25, 0.3) is 0 Å². The second-order valence-corrected chi connectivity index (χ2v) is 5.41. The second kappa shape index (κ2) is 5.21. The van der Waals surface area contributed by atoms with Gasteiger partial charge >= 0.3 is 0 Å². The van der Waals surface area contributed by atoms with E-state index in [0.29, 0.717) is 18.3 Å². The molecule has 2 rings (SSSR count). The van der Waals surface area contributed by atoms with Gasteiger partial charge in [0, 0.05) is 12.7 Å². The van der Waals surface area contributed by atoms with E-state index in [1.54, 1.807) is 24.4 Å². The Kier molecular flexibility index (Phi) is 3.63. The van der Waals surface area contributed by atoms with Crippen molar-refractivity contribution in [1.29, 1.82) is 0 Å². The van der Waals surface area contributed by atoms with E-state index in [4.69, 9.17) is 10.9 Å². The van der Waals surface area contributed by atoms with Gasteiger partial charge in [0.15, 0.2) is 0 Å². The van der Waals surface area contributed by atoms with Crippen molar-refractivity contribution in [3.8, 4) is 0 Å². The van der Waals surface area contributed by atoms with Gasteiger partial charge in [-0.3, -0.25) is 0 Å². The smallest absolute Gasteiger partial charge is 0.238 e. The number of aromatic nitrogens is 2. The van der Waals surface area contributed by atoms with E-state index < -0.39 is 10.0 Å². The number of benzene rings is 1. The molecule has 0 aliphatic carbocycles. The van der Waals surface area contributed by atoms with Crippen LogP contribution in [0.2, 0.25) is 0 Å². The number of nitrogens with zero attached hydrogens (tertiary/aromatic N) is 2. The summed E-state index contributed by atoms with van der Waals surface area (Å²) < 4.78 is 22.2. The van der Waals surface area contributed by atoms with E-state index in [9.17, 15) is 8.42 Å². The molecule has 0 bridgehead atoms. The maximum atomic E-state index is 11.1. The summed E-state index contributed by atoms with van der Waals surface area (Å²) in [4.78, 5) is 8.06. The molecule has 0 unspecified atom stereocenters. The van der Waals surface area contributed by atoms with Crippen molar-refractivity contribution in [3.63, 3.8) is 0 Å². The first-order chi connectivity index (χ1) is 8.95. The molecule has 1 aromatic carbocycles. The van der Waals surface area contributed by atoms with Gasteiger partial charge in [0.05, 0.1) is 4.90 Å². The zero-order chi connectivity index (χ0) is 13.9. The van der Waals surface area contributed by atoms with E-state index in [2.05, 4.69) is 15.3 Å². The molecule has 0 fully saturated rings. The van der Waals surface area contributed by atoms with Crippen LogP contribution in [-0.2, 0) is 16.6 Å². The Morgan fingerprint density at radius 1 is 1.16 bits per heavy atom. The van der Waals surface area contributed by atoms with Crippen molar-refractivity contribution in [2.45, 2.75) is 11.4 Å². The topological polar surface area (TPSA) is 124 Å². The number of nitrogen functional groups attached to an aromatic ring is 1. The van der Waals surface area contributed by atoms with Gasteiger partial charge in [-0.2, -0.15) is 4.98 Å². The first kappa shape index (κ1) is 13.2. The van der Waals surface area contributed by atoms with Crippen LogP contribution in [0.3, 0.4) is 0 Å². The molecule has 0 spiro atoms. The van der Waals surface area contributed by atoms with E-state index in [-0.39, 0.29) is 4.90 Å². The number of primary sulfonamides is 1. The summed E-state index contributed by atoms with van der Waals surface area (Å²) in [5, 5.41) is 7.99. The predicted molar refractivity (Wildman–Crippen MR) is 71.6 cm³/mol. The molecule has 1 aromatic heterocycles. The number of hydrogen-bond acceptors (Lipinski definition) is 6. The highest BCUT2D eigenvalue weighted by Crippen LogP contribution is 2.10. The van der Waals surface area contributed by atoms with Gasteiger partial charge in [-0.15, -0.1) is 0 Å². The van der Waals surface area contributed by atoms with E-state index in [1.165, 1.54) is 12.1 Å². The molecular weight excluding hydrogens is 266 g/mol. The average Bonchev–Trinajstić information content (AvgIpc) is 2.36. The summed E-state index contributed by atoms with van der Waals surface area (Å²) in [5.41, 5.74) is 6.40. The first-order valence-corrected chi connectivity index (χ1v) is 6.94. The molecular formula is C11H13N5O2S. The maximum absolute atomic E-state index is 11.1. The van der Waals surface area contributed by atoms with Crippen molar-refractivity contribution in [2.24, 2.45) is 5.14 Å². The molecule has 0 aliphatic heterocycles. The highest BCUT2D eigenvalue weighted by molar-refractivity contribution is 7.89. The van der Waals surface area contributed by atoms with Gasteiger partial charge < -0.3 is 11.1 Å². The predicted octanol–water partition coefficient (Wildman–Crippen LogP) is 0.318. The Bertz CT molecular complexity index is 670. The summed E-state index contributed by atoms with van der Waals surface area (Å²) >= 11 is 0. The van der Waals surface area contributed by atoms with Crippen LogP contribution in [0.4, 0.5) is 11.8 Å². The molecule has 0 saturated heterocycles. The molecule has 5 N–H and O–H groups in total. The molecule has 0 radical (unpaired) electrons. The van der Waals surface area contributed by atoms with Crippen LogP contribution in [0.1, 0.15) is 5.56 Å². The Labute approximate surface area is 110 Å². The van der Waals surface area contributed by atoms with Gasteiger partial charge in [-0.1, -0.05) is 12.1 Å². The summed E-state index contributed by atoms with van der Waals surface area (Å²) in [6.07, 6.45) is 1.55. The summed E-state index contributed by atoms with van der Waals surface area (Å²) in [6, 6.07) is 7.82. The molecule has 7 nitrogen and oxygen atoms in total. The number of sulfonamides is 1. The monoisotopic (exact) mass is 279 g/mol. The fourth-order valence-electron chi connectivity index (χ4n) is 1.44.